The van der Waals surface area contributed by atoms with Gasteiger partial charge < -0.3 is 10.1 Å². The lowest BCUT2D eigenvalue weighted by atomic mass is 10.1. The van der Waals surface area contributed by atoms with Crippen molar-refractivity contribution in [2.75, 3.05) is 12.4 Å². The van der Waals surface area contributed by atoms with Crippen LogP contribution in [-0.4, -0.2) is 31.7 Å². The molecule has 0 unspecified atom stereocenters. The van der Waals surface area contributed by atoms with Crippen molar-refractivity contribution in [3.8, 4) is 28.3 Å². The van der Waals surface area contributed by atoms with E-state index in [0.29, 0.717) is 11.8 Å². The number of ether oxygens (including phenoxy) is 1. The van der Waals surface area contributed by atoms with Crippen molar-refractivity contribution >= 4 is 28.1 Å². The van der Waals surface area contributed by atoms with E-state index in [9.17, 15) is 0 Å². The largest absolute Gasteiger partial charge is 0.496 e. The van der Waals surface area contributed by atoms with Gasteiger partial charge in [0.25, 0.3) is 0 Å². The number of anilines is 2. The van der Waals surface area contributed by atoms with E-state index in [2.05, 4.69) is 25.4 Å². The molecule has 0 bridgehead atoms. The Balaban J connectivity index is 1.48. The lowest BCUT2D eigenvalue weighted by Crippen LogP contribution is -1.98. The Morgan fingerprint density at radius 1 is 1.00 bits per heavy atom. The fourth-order valence-corrected chi connectivity index (χ4v) is 3.91. The molecule has 142 valence electrons. The monoisotopic (exact) mass is 400 g/mol. The normalized spacial score (nSPS) is 10.9. The molecule has 0 aliphatic rings. The molecule has 0 saturated heterocycles. The zero-order valence-electron chi connectivity index (χ0n) is 15.5. The first-order valence-corrected chi connectivity index (χ1v) is 9.82. The van der Waals surface area contributed by atoms with Gasteiger partial charge >= 0.3 is 0 Å². The van der Waals surface area contributed by atoms with Gasteiger partial charge in [-0.3, -0.25) is 0 Å². The Morgan fingerprint density at radius 3 is 2.69 bits per heavy atom. The van der Waals surface area contributed by atoms with Gasteiger partial charge in [0.15, 0.2) is 0 Å². The van der Waals surface area contributed by atoms with Crippen LogP contribution >= 0.6 is 11.3 Å². The number of fused-ring (bicyclic) bond motifs is 1. The maximum atomic E-state index is 5.49. The summed E-state index contributed by atoms with van der Waals surface area (Å²) < 4.78 is 7.30. The minimum absolute atomic E-state index is 0.478. The van der Waals surface area contributed by atoms with Crippen molar-refractivity contribution in [2.24, 2.45) is 0 Å². The van der Waals surface area contributed by atoms with Crippen LogP contribution in [-0.2, 0) is 0 Å². The van der Waals surface area contributed by atoms with Crippen molar-refractivity contribution in [1.29, 1.82) is 0 Å². The number of thiazole rings is 1. The molecule has 2 aromatic carbocycles. The summed E-state index contributed by atoms with van der Waals surface area (Å²) in [5.74, 6) is 1.90. The molecule has 0 spiro atoms. The van der Waals surface area contributed by atoms with Gasteiger partial charge in [0.1, 0.15) is 17.9 Å². The van der Waals surface area contributed by atoms with Gasteiger partial charge in [0, 0.05) is 22.6 Å². The van der Waals surface area contributed by atoms with Gasteiger partial charge in [-0.05, 0) is 12.1 Å². The van der Waals surface area contributed by atoms with Crippen LogP contribution < -0.4 is 10.1 Å². The van der Waals surface area contributed by atoms with Gasteiger partial charge in [-0.15, -0.1) is 16.4 Å². The Labute approximate surface area is 170 Å². The molecule has 8 heteroatoms. The number of benzene rings is 2. The average Bonchev–Trinajstić information content (AvgIpc) is 3.35. The van der Waals surface area contributed by atoms with Crippen LogP contribution in [0.15, 0.2) is 72.4 Å². The number of rotatable bonds is 5. The molecular weight excluding hydrogens is 384 g/mol. The third-order valence-corrected chi connectivity index (χ3v) is 5.26. The Kier molecular flexibility index (Phi) is 4.38. The summed E-state index contributed by atoms with van der Waals surface area (Å²) in [5.41, 5.74) is 3.75. The summed E-state index contributed by atoms with van der Waals surface area (Å²) in [6.07, 6.45) is 1.53. The molecule has 3 heterocycles. The topological polar surface area (TPSA) is 77.2 Å². The lowest BCUT2D eigenvalue weighted by molar-refractivity contribution is 0.416. The second-order valence-corrected chi connectivity index (χ2v) is 7.07. The Bertz CT molecular complexity index is 1280. The molecular formula is C21H16N6OS. The molecule has 3 aromatic heterocycles. The average molecular weight is 400 g/mol. The van der Waals surface area contributed by atoms with Crippen molar-refractivity contribution in [3.05, 3.63) is 72.4 Å². The van der Waals surface area contributed by atoms with Crippen molar-refractivity contribution < 1.29 is 4.74 Å². The molecule has 1 N–H and O–H groups in total. The molecule has 0 fully saturated rings. The fraction of sp³-hybridized carbons (Fsp3) is 0.0476. The highest BCUT2D eigenvalue weighted by Crippen LogP contribution is 2.33. The van der Waals surface area contributed by atoms with Gasteiger partial charge in [-0.2, -0.15) is 4.98 Å². The number of hydrogen-bond donors (Lipinski definition) is 1. The Morgan fingerprint density at radius 2 is 1.83 bits per heavy atom. The minimum Gasteiger partial charge on any atom is -0.496 e. The summed E-state index contributed by atoms with van der Waals surface area (Å²) >= 11 is 1.52. The van der Waals surface area contributed by atoms with Crippen LogP contribution in [0.2, 0.25) is 0 Å². The molecule has 0 saturated carbocycles. The molecule has 0 aliphatic carbocycles. The third kappa shape index (κ3) is 3.30. The number of aromatic nitrogens is 5. The van der Waals surface area contributed by atoms with Crippen molar-refractivity contribution in [3.63, 3.8) is 0 Å². The number of nitrogens with zero attached hydrogens (tertiary/aromatic N) is 5. The number of hydrogen-bond acceptors (Lipinski definition) is 7. The van der Waals surface area contributed by atoms with E-state index in [4.69, 9.17) is 4.74 Å². The first-order chi connectivity index (χ1) is 14.3. The molecule has 0 radical (unpaired) electrons. The predicted octanol–water partition coefficient (Wildman–Crippen LogP) is 4.67. The molecule has 0 amide bonds. The summed E-state index contributed by atoms with van der Waals surface area (Å²) in [6.45, 7) is 0. The summed E-state index contributed by atoms with van der Waals surface area (Å²) in [5, 5.41) is 9.81. The van der Waals surface area contributed by atoms with Crippen molar-refractivity contribution in [1.82, 2.24) is 24.6 Å². The van der Waals surface area contributed by atoms with Gasteiger partial charge in [-0.25, -0.2) is 14.5 Å². The van der Waals surface area contributed by atoms with Gasteiger partial charge in [-0.1, -0.05) is 42.5 Å². The van der Waals surface area contributed by atoms with Crippen LogP contribution in [0.1, 0.15) is 0 Å². The highest BCUT2D eigenvalue weighted by Gasteiger charge is 2.15. The van der Waals surface area contributed by atoms with E-state index in [0.717, 1.165) is 33.2 Å². The SMILES string of the molecule is COc1ccccc1-c1csc2nc(Nc3cc(-c4ccccc4)ncn3)nn12. The molecule has 0 atom stereocenters. The molecule has 7 nitrogen and oxygen atoms in total. The van der Waals surface area contributed by atoms with Gasteiger partial charge in [0.2, 0.25) is 10.9 Å². The summed E-state index contributed by atoms with van der Waals surface area (Å²) in [6, 6.07) is 19.7. The number of methoxy groups -OCH3 is 1. The maximum absolute atomic E-state index is 5.49. The third-order valence-electron chi connectivity index (χ3n) is 4.44. The van der Waals surface area contributed by atoms with Crippen LogP contribution in [0.3, 0.4) is 0 Å². The zero-order chi connectivity index (χ0) is 19.6. The van der Waals surface area contributed by atoms with E-state index in [-0.39, 0.29) is 0 Å². The van der Waals surface area contributed by atoms with Crippen LogP contribution in [0, 0.1) is 0 Å². The predicted molar refractivity (Wildman–Crippen MR) is 114 cm³/mol. The summed E-state index contributed by atoms with van der Waals surface area (Å²) in [7, 11) is 1.66. The standard InChI is InChI=1S/C21H16N6OS/c1-28-18-10-6-5-9-15(18)17-12-29-21-25-20(26-27(17)21)24-19-11-16(22-13-23-19)14-7-3-2-4-8-14/h2-13H,1H3,(H,22,23,24,26). The maximum Gasteiger partial charge on any atom is 0.249 e. The van der Waals surface area contributed by atoms with Crippen LogP contribution in [0.5, 0.6) is 5.75 Å². The van der Waals surface area contributed by atoms with Crippen LogP contribution in [0.4, 0.5) is 11.8 Å². The van der Waals surface area contributed by atoms with Crippen LogP contribution in [0.25, 0.3) is 27.5 Å². The zero-order valence-corrected chi connectivity index (χ0v) is 16.3. The summed E-state index contributed by atoms with van der Waals surface area (Å²) in [4.78, 5) is 14.0. The highest BCUT2D eigenvalue weighted by atomic mass is 32.1. The smallest absolute Gasteiger partial charge is 0.249 e. The first-order valence-electron chi connectivity index (χ1n) is 8.94. The van der Waals surface area contributed by atoms with Crippen molar-refractivity contribution in [2.45, 2.75) is 0 Å². The van der Waals surface area contributed by atoms with E-state index < -0.39 is 0 Å². The molecule has 5 aromatic rings. The molecule has 5 rings (SSSR count). The van der Waals surface area contributed by atoms with Gasteiger partial charge in [0.05, 0.1) is 18.5 Å². The van der Waals surface area contributed by atoms with E-state index in [1.165, 1.54) is 17.7 Å². The molecule has 0 aliphatic heterocycles. The lowest BCUT2D eigenvalue weighted by Gasteiger charge is -2.06. The Hall–Kier alpha value is -3.78. The van der Waals surface area contributed by atoms with E-state index >= 15 is 0 Å². The second-order valence-electron chi connectivity index (χ2n) is 6.23. The fourth-order valence-electron chi connectivity index (χ4n) is 3.08. The quantitative estimate of drug-likeness (QED) is 0.462. The number of nitrogens with one attached hydrogen (secondary N) is 1. The minimum atomic E-state index is 0.478. The van der Waals surface area contributed by atoms with E-state index in [1.807, 2.05) is 70.6 Å². The number of para-hydroxylation sites is 1. The molecule has 29 heavy (non-hydrogen) atoms. The highest BCUT2D eigenvalue weighted by molar-refractivity contribution is 7.15. The first kappa shape index (κ1) is 17.3. The van der Waals surface area contributed by atoms with E-state index in [1.54, 1.807) is 7.11 Å². The second kappa shape index (κ2) is 7.33.